The molecule has 0 radical (unpaired) electrons. The molecule has 0 saturated heterocycles. The second-order valence-corrected chi connectivity index (χ2v) is 5.33. The van der Waals surface area contributed by atoms with E-state index in [0.717, 1.165) is 4.57 Å². The molecule has 2 nitrogen and oxygen atoms in total. The Kier molecular flexibility index (Phi) is 3.95. The van der Waals surface area contributed by atoms with E-state index in [1.165, 1.54) is 0 Å². The highest BCUT2D eigenvalue weighted by atomic mass is 35.5. The molecule has 0 N–H and O–H groups in total. The van der Waals surface area contributed by atoms with Crippen molar-refractivity contribution < 1.29 is 17.6 Å². The topological polar surface area (TPSA) is 17.8 Å². The first kappa shape index (κ1) is 15.1. The summed E-state index contributed by atoms with van der Waals surface area (Å²) < 4.78 is 52.7. The second kappa shape index (κ2) is 5.24. The highest BCUT2D eigenvalue weighted by Gasteiger charge is 2.42. The number of nitrogens with zero attached hydrogens (tertiary/aromatic N) is 2. The summed E-state index contributed by atoms with van der Waals surface area (Å²) in [5, 5.41) is -0.657. The molecule has 0 fully saturated rings. The van der Waals surface area contributed by atoms with Gasteiger partial charge in [-0.2, -0.15) is 8.78 Å². The Hall–Kier alpha value is -1.30. The van der Waals surface area contributed by atoms with E-state index in [1.54, 1.807) is 32.0 Å². The number of alkyl halides is 5. The molecule has 0 aliphatic heterocycles. The monoisotopic (exact) mass is 308 g/mol. The number of para-hydroxylation sites is 1. The summed E-state index contributed by atoms with van der Waals surface area (Å²) in [5.41, 5.74) is 1.57. The van der Waals surface area contributed by atoms with Crippen LogP contribution in [-0.2, 0) is 6.54 Å². The highest BCUT2D eigenvalue weighted by Crippen LogP contribution is 2.32. The van der Waals surface area contributed by atoms with E-state index >= 15 is 0 Å². The van der Waals surface area contributed by atoms with Gasteiger partial charge in [0.1, 0.15) is 5.82 Å². The first-order valence-electron chi connectivity index (χ1n) is 6.00. The van der Waals surface area contributed by atoms with Crippen molar-refractivity contribution in [1.29, 1.82) is 0 Å². The molecule has 0 bridgehead atoms. The number of hydrogen-bond donors (Lipinski definition) is 0. The molecular weight excluding hydrogens is 296 g/mol. The van der Waals surface area contributed by atoms with E-state index in [1.807, 2.05) is 0 Å². The van der Waals surface area contributed by atoms with Gasteiger partial charge in [0.05, 0.1) is 23.0 Å². The number of aryl methyl sites for hydroxylation is 1. The van der Waals surface area contributed by atoms with Crippen molar-refractivity contribution in [1.82, 2.24) is 9.55 Å². The minimum atomic E-state index is -4.13. The number of benzene rings is 1. The summed E-state index contributed by atoms with van der Waals surface area (Å²) in [6.07, 6.45) is -3.73. The maximum absolute atomic E-state index is 13.4. The van der Waals surface area contributed by atoms with Gasteiger partial charge in [-0.25, -0.2) is 13.8 Å². The van der Waals surface area contributed by atoms with Crippen LogP contribution < -0.4 is 0 Å². The van der Waals surface area contributed by atoms with Crippen LogP contribution in [0.4, 0.5) is 17.6 Å². The molecule has 1 aromatic heterocycles. The number of hydrogen-bond acceptors (Lipinski definition) is 1. The SMILES string of the molecule is Cc1cccc2nc(C(C)Cl)n(CC(F)(F)C(F)F)c12. The van der Waals surface area contributed by atoms with Crippen LogP contribution in [0.1, 0.15) is 23.7 Å². The average molecular weight is 309 g/mol. The van der Waals surface area contributed by atoms with Gasteiger partial charge in [0, 0.05) is 0 Å². The molecule has 0 aliphatic rings. The maximum Gasteiger partial charge on any atom is 0.324 e. The molecule has 20 heavy (non-hydrogen) atoms. The molecule has 2 rings (SSSR count). The minimum Gasteiger partial charge on any atom is -0.320 e. The Morgan fingerprint density at radius 1 is 1.35 bits per heavy atom. The fraction of sp³-hybridized carbons (Fsp3) is 0.462. The van der Waals surface area contributed by atoms with Crippen molar-refractivity contribution in [2.24, 2.45) is 0 Å². The number of halogens is 5. The maximum atomic E-state index is 13.4. The van der Waals surface area contributed by atoms with Gasteiger partial charge in [-0.15, -0.1) is 11.6 Å². The normalized spacial score (nSPS) is 14.2. The Labute approximate surface area is 118 Å². The van der Waals surface area contributed by atoms with E-state index in [9.17, 15) is 17.6 Å². The summed E-state index contributed by atoms with van der Waals surface area (Å²) in [4.78, 5) is 4.17. The number of imidazole rings is 1. The molecule has 0 spiro atoms. The fourth-order valence-electron chi connectivity index (χ4n) is 2.13. The van der Waals surface area contributed by atoms with E-state index in [4.69, 9.17) is 11.6 Å². The summed E-state index contributed by atoms with van der Waals surface area (Å²) in [6, 6.07) is 5.08. The Bertz CT molecular complexity index is 622. The third-order valence-corrected chi connectivity index (χ3v) is 3.24. The average Bonchev–Trinajstić information content (AvgIpc) is 2.68. The first-order chi connectivity index (χ1) is 9.24. The van der Waals surface area contributed by atoms with Crippen molar-refractivity contribution >= 4 is 22.6 Å². The first-order valence-corrected chi connectivity index (χ1v) is 6.43. The van der Waals surface area contributed by atoms with Crippen LogP contribution in [0.5, 0.6) is 0 Å². The van der Waals surface area contributed by atoms with Gasteiger partial charge in [0.25, 0.3) is 0 Å². The van der Waals surface area contributed by atoms with Crippen molar-refractivity contribution in [3.63, 3.8) is 0 Å². The van der Waals surface area contributed by atoms with Crippen molar-refractivity contribution in [2.45, 2.75) is 38.1 Å². The molecule has 0 amide bonds. The summed E-state index contributed by atoms with van der Waals surface area (Å²) in [5.74, 6) is -3.97. The molecule has 1 aromatic carbocycles. The summed E-state index contributed by atoms with van der Waals surface area (Å²) >= 11 is 5.92. The van der Waals surface area contributed by atoms with Crippen LogP contribution in [0.2, 0.25) is 0 Å². The van der Waals surface area contributed by atoms with Gasteiger partial charge < -0.3 is 4.57 Å². The third-order valence-electron chi connectivity index (χ3n) is 3.04. The number of fused-ring (bicyclic) bond motifs is 1. The van der Waals surface area contributed by atoms with Crippen LogP contribution >= 0.6 is 11.6 Å². The van der Waals surface area contributed by atoms with Gasteiger partial charge in [-0.05, 0) is 25.5 Å². The highest BCUT2D eigenvalue weighted by molar-refractivity contribution is 6.20. The lowest BCUT2D eigenvalue weighted by atomic mass is 10.2. The van der Waals surface area contributed by atoms with E-state index < -0.39 is 24.3 Å². The van der Waals surface area contributed by atoms with Gasteiger partial charge >= 0.3 is 12.3 Å². The molecule has 0 saturated carbocycles. The lowest BCUT2D eigenvalue weighted by Gasteiger charge is -2.19. The molecule has 110 valence electrons. The van der Waals surface area contributed by atoms with Crippen molar-refractivity contribution in [3.8, 4) is 0 Å². The third kappa shape index (κ3) is 2.61. The van der Waals surface area contributed by atoms with Crippen LogP contribution in [0.15, 0.2) is 18.2 Å². The van der Waals surface area contributed by atoms with Gasteiger partial charge in [-0.3, -0.25) is 0 Å². The zero-order chi connectivity index (χ0) is 15.1. The van der Waals surface area contributed by atoms with Crippen LogP contribution in [0.25, 0.3) is 11.0 Å². The summed E-state index contributed by atoms with van der Waals surface area (Å²) in [7, 11) is 0. The van der Waals surface area contributed by atoms with Crippen LogP contribution in [-0.4, -0.2) is 21.9 Å². The molecular formula is C13H13ClF4N2. The number of rotatable bonds is 4. The molecule has 7 heteroatoms. The molecule has 0 aliphatic carbocycles. The quantitative estimate of drug-likeness (QED) is 0.599. The molecule has 2 aromatic rings. The molecule has 1 heterocycles. The standard InChI is InChI=1S/C13H13ClF4N2/c1-7-4-3-5-9-10(7)20(11(19-9)8(2)14)6-13(17,18)12(15)16/h3-5,8,12H,6H2,1-2H3. The Morgan fingerprint density at radius 3 is 2.55 bits per heavy atom. The van der Waals surface area contributed by atoms with E-state index in [0.29, 0.717) is 16.6 Å². The van der Waals surface area contributed by atoms with Gasteiger partial charge in [0.15, 0.2) is 0 Å². The predicted octanol–water partition coefficient (Wildman–Crippen LogP) is 4.54. The largest absolute Gasteiger partial charge is 0.324 e. The van der Waals surface area contributed by atoms with Gasteiger partial charge in [-0.1, -0.05) is 12.1 Å². The smallest absolute Gasteiger partial charge is 0.320 e. The molecule has 1 unspecified atom stereocenters. The predicted molar refractivity (Wildman–Crippen MR) is 69.7 cm³/mol. The van der Waals surface area contributed by atoms with Gasteiger partial charge in [0.2, 0.25) is 0 Å². The van der Waals surface area contributed by atoms with Crippen molar-refractivity contribution in [2.75, 3.05) is 0 Å². The fourth-order valence-corrected chi connectivity index (χ4v) is 2.29. The minimum absolute atomic E-state index is 0.163. The zero-order valence-corrected chi connectivity index (χ0v) is 11.6. The Balaban J connectivity index is 2.63. The molecule has 1 atom stereocenters. The van der Waals surface area contributed by atoms with E-state index in [2.05, 4.69) is 4.98 Å². The van der Waals surface area contributed by atoms with Crippen LogP contribution in [0, 0.1) is 6.92 Å². The second-order valence-electron chi connectivity index (χ2n) is 4.68. The lowest BCUT2D eigenvalue weighted by molar-refractivity contribution is -0.137. The zero-order valence-electron chi connectivity index (χ0n) is 10.9. The Morgan fingerprint density at radius 2 is 2.00 bits per heavy atom. The lowest BCUT2D eigenvalue weighted by Crippen LogP contribution is -2.32. The van der Waals surface area contributed by atoms with E-state index in [-0.39, 0.29) is 5.82 Å². The van der Waals surface area contributed by atoms with Crippen molar-refractivity contribution in [3.05, 3.63) is 29.6 Å². The number of aromatic nitrogens is 2. The van der Waals surface area contributed by atoms with Crippen LogP contribution in [0.3, 0.4) is 0 Å². The summed E-state index contributed by atoms with van der Waals surface area (Å²) in [6.45, 7) is 2.14.